The van der Waals surface area contributed by atoms with Crippen molar-refractivity contribution in [2.75, 3.05) is 0 Å². The fraction of sp³-hybridized carbons (Fsp3) is 0.750. The maximum atomic E-state index is 12.6. The highest BCUT2D eigenvalue weighted by molar-refractivity contribution is 7.07. The van der Waals surface area contributed by atoms with E-state index in [4.69, 9.17) is 0 Å². The minimum absolute atomic E-state index is 0.0116. The number of hydrogen-bond donors (Lipinski definition) is 0. The molecule has 0 radical (unpaired) electrons. The summed E-state index contributed by atoms with van der Waals surface area (Å²) in [6.07, 6.45) is 0. The van der Waals surface area contributed by atoms with Gasteiger partial charge in [0.25, 0.3) is 5.91 Å². The highest BCUT2D eigenvalue weighted by atomic mass is 32.1. The van der Waals surface area contributed by atoms with Gasteiger partial charge in [0, 0.05) is 11.1 Å². The third-order valence-corrected chi connectivity index (χ3v) is 3.21. The van der Waals surface area contributed by atoms with Crippen LogP contribution in [0.3, 0.4) is 0 Å². The van der Waals surface area contributed by atoms with E-state index in [1.54, 1.807) is 0 Å². The first-order valence-electron chi connectivity index (χ1n) is 5.69. The van der Waals surface area contributed by atoms with Crippen molar-refractivity contribution in [1.29, 1.82) is 0 Å². The first-order valence-corrected chi connectivity index (χ1v) is 6.46. The van der Waals surface area contributed by atoms with Crippen molar-refractivity contribution in [3.05, 3.63) is 10.6 Å². The van der Waals surface area contributed by atoms with E-state index in [2.05, 4.69) is 9.59 Å². The minimum atomic E-state index is -0.230. The Balaban J connectivity index is 3.18. The van der Waals surface area contributed by atoms with E-state index in [-0.39, 0.29) is 17.0 Å². The van der Waals surface area contributed by atoms with Crippen molar-refractivity contribution >= 4 is 17.4 Å². The fourth-order valence-corrected chi connectivity index (χ4v) is 2.73. The first kappa shape index (κ1) is 14.1. The van der Waals surface area contributed by atoms with Crippen LogP contribution in [0.4, 0.5) is 0 Å². The predicted molar refractivity (Wildman–Crippen MR) is 70.3 cm³/mol. The summed E-state index contributed by atoms with van der Waals surface area (Å²) in [6, 6.07) is 0. The predicted octanol–water partition coefficient (Wildman–Crippen LogP) is 2.89. The molecule has 0 spiro atoms. The molecule has 1 amide bonds. The Morgan fingerprint density at radius 3 is 1.88 bits per heavy atom. The Bertz CT molecular complexity index is 398. The monoisotopic (exact) mass is 255 g/mol. The molecule has 0 fully saturated rings. The summed E-state index contributed by atoms with van der Waals surface area (Å²) < 4.78 is 3.83. The van der Waals surface area contributed by atoms with E-state index in [1.165, 1.54) is 11.5 Å². The first-order chi connectivity index (χ1) is 7.55. The van der Waals surface area contributed by atoms with Gasteiger partial charge >= 0.3 is 0 Å². The molecule has 1 heterocycles. The number of rotatable bonds is 1. The van der Waals surface area contributed by atoms with E-state index >= 15 is 0 Å². The topological polar surface area (TPSA) is 46.1 Å². The second-order valence-corrected chi connectivity index (χ2v) is 6.92. The third kappa shape index (κ3) is 3.03. The van der Waals surface area contributed by atoms with E-state index in [0.717, 1.165) is 0 Å². The molecule has 0 bridgehead atoms. The van der Waals surface area contributed by atoms with Crippen LogP contribution in [0, 0.1) is 6.92 Å². The molecular weight excluding hydrogens is 234 g/mol. The molecule has 0 saturated carbocycles. The molecule has 4 nitrogen and oxygen atoms in total. The second kappa shape index (κ2) is 4.37. The van der Waals surface area contributed by atoms with Gasteiger partial charge in [-0.25, -0.2) is 0 Å². The van der Waals surface area contributed by atoms with Crippen LogP contribution in [0.2, 0.25) is 0 Å². The van der Waals surface area contributed by atoms with Crippen LogP contribution in [-0.4, -0.2) is 31.5 Å². The van der Waals surface area contributed by atoms with Crippen molar-refractivity contribution < 1.29 is 4.79 Å². The van der Waals surface area contributed by atoms with Gasteiger partial charge in [0.2, 0.25) is 0 Å². The van der Waals surface area contributed by atoms with Crippen molar-refractivity contribution in [3.63, 3.8) is 0 Å². The SMILES string of the molecule is Cc1nnsc1C(=O)N(C(C)(C)C)C(C)(C)C. The number of aryl methyl sites for hydroxylation is 1. The van der Waals surface area contributed by atoms with E-state index in [9.17, 15) is 4.79 Å². The van der Waals surface area contributed by atoms with Gasteiger partial charge in [0.1, 0.15) is 4.88 Å². The molecule has 0 aliphatic carbocycles. The number of carbonyl (C=O) groups excluding carboxylic acids is 1. The van der Waals surface area contributed by atoms with Crippen LogP contribution < -0.4 is 0 Å². The number of aromatic nitrogens is 2. The molecule has 5 heteroatoms. The summed E-state index contributed by atoms with van der Waals surface area (Å²) in [4.78, 5) is 15.1. The molecule has 96 valence electrons. The van der Waals surface area contributed by atoms with Crippen molar-refractivity contribution in [1.82, 2.24) is 14.5 Å². The van der Waals surface area contributed by atoms with Crippen LogP contribution in [0.25, 0.3) is 0 Å². The zero-order chi connectivity index (χ0) is 13.4. The van der Waals surface area contributed by atoms with Crippen molar-refractivity contribution in [2.24, 2.45) is 0 Å². The van der Waals surface area contributed by atoms with Gasteiger partial charge in [0.15, 0.2) is 0 Å². The standard InChI is InChI=1S/C12H21N3OS/c1-8-9(17-14-13-8)10(16)15(11(2,3)4)12(5,6)7/h1-7H3. The fourth-order valence-electron chi connectivity index (χ4n) is 2.14. The number of amides is 1. The minimum Gasteiger partial charge on any atom is -0.328 e. The lowest BCUT2D eigenvalue weighted by atomic mass is 9.95. The summed E-state index contributed by atoms with van der Waals surface area (Å²) in [5, 5.41) is 3.91. The van der Waals surface area contributed by atoms with Gasteiger partial charge < -0.3 is 4.90 Å². The molecule has 0 aliphatic heterocycles. The molecule has 1 aromatic rings. The smallest absolute Gasteiger partial charge is 0.268 e. The maximum Gasteiger partial charge on any atom is 0.268 e. The molecule has 1 rings (SSSR count). The Hall–Kier alpha value is -0.970. The summed E-state index contributed by atoms with van der Waals surface area (Å²) in [5.41, 5.74) is 0.246. The highest BCUT2D eigenvalue weighted by Crippen LogP contribution is 2.28. The zero-order valence-corrected chi connectivity index (χ0v) is 12.5. The normalized spacial score (nSPS) is 12.6. The maximum absolute atomic E-state index is 12.6. The molecule has 0 N–H and O–H groups in total. The highest BCUT2D eigenvalue weighted by Gasteiger charge is 2.37. The molecule has 0 atom stereocenters. The van der Waals surface area contributed by atoms with E-state index < -0.39 is 0 Å². The molecule has 0 aliphatic rings. The number of carbonyl (C=O) groups is 1. The van der Waals surface area contributed by atoms with Gasteiger partial charge in [-0.15, -0.1) is 5.10 Å². The Labute approximate surface area is 107 Å². The van der Waals surface area contributed by atoms with Crippen LogP contribution in [0.15, 0.2) is 0 Å². The summed E-state index contributed by atoms with van der Waals surface area (Å²) in [7, 11) is 0. The van der Waals surface area contributed by atoms with Gasteiger partial charge in [-0.3, -0.25) is 4.79 Å². The van der Waals surface area contributed by atoms with Crippen LogP contribution >= 0.6 is 11.5 Å². The number of hydrogen-bond acceptors (Lipinski definition) is 4. The average Bonchev–Trinajstić information content (AvgIpc) is 2.45. The quantitative estimate of drug-likeness (QED) is 0.775. The lowest BCUT2D eigenvalue weighted by Crippen LogP contribution is -2.55. The number of nitrogens with zero attached hydrogens (tertiary/aromatic N) is 3. The van der Waals surface area contributed by atoms with Crippen molar-refractivity contribution in [2.45, 2.75) is 59.5 Å². The Kier molecular flexibility index (Phi) is 3.62. The van der Waals surface area contributed by atoms with Gasteiger partial charge in [-0.1, -0.05) is 4.49 Å². The molecule has 0 unspecified atom stereocenters. The molecule has 0 saturated heterocycles. The van der Waals surface area contributed by atoms with E-state index in [1.807, 2.05) is 53.4 Å². The Morgan fingerprint density at radius 1 is 1.12 bits per heavy atom. The summed E-state index contributed by atoms with van der Waals surface area (Å²) in [6.45, 7) is 14.1. The lowest BCUT2D eigenvalue weighted by molar-refractivity contribution is 0.0275. The molecule has 17 heavy (non-hydrogen) atoms. The van der Waals surface area contributed by atoms with Gasteiger partial charge in [0.05, 0.1) is 5.69 Å². The Morgan fingerprint density at radius 2 is 1.59 bits per heavy atom. The van der Waals surface area contributed by atoms with Gasteiger partial charge in [-0.05, 0) is 60.0 Å². The van der Waals surface area contributed by atoms with Crippen LogP contribution in [0.1, 0.15) is 56.9 Å². The molecule has 0 aromatic carbocycles. The van der Waals surface area contributed by atoms with Crippen LogP contribution in [0.5, 0.6) is 0 Å². The lowest BCUT2D eigenvalue weighted by Gasteiger charge is -2.45. The molecule has 1 aromatic heterocycles. The molecular formula is C12H21N3OS. The average molecular weight is 255 g/mol. The van der Waals surface area contributed by atoms with Gasteiger partial charge in [-0.2, -0.15) is 0 Å². The summed E-state index contributed by atoms with van der Waals surface area (Å²) >= 11 is 1.17. The van der Waals surface area contributed by atoms with Crippen molar-refractivity contribution in [3.8, 4) is 0 Å². The van der Waals surface area contributed by atoms with Crippen LogP contribution in [-0.2, 0) is 0 Å². The summed E-state index contributed by atoms with van der Waals surface area (Å²) in [5.74, 6) is 0.0116. The zero-order valence-electron chi connectivity index (χ0n) is 11.7. The second-order valence-electron chi connectivity index (χ2n) is 6.17. The van der Waals surface area contributed by atoms with E-state index in [0.29, 0.717) is 10.6 Å². The largest absolute Gasteiger partial charge is 0.328 e. The third-order valence-electron chi connectivity index (χ3n) is 2.39.